The topological polar surface area (TPSA) is 84.2 Å². The molecule has 1 aromatic rings. The first-order valence-corrected chi connectivity index (χ1v) is 7.97. The minimum atomic E-state index is -3.63. The lowest BCUT2D eigenvalue weighted by atomic mass is 10.0. The van der Waals surface area contributed by atoms with E-state index in [1.807, 2.05) is 20.8 Å². The normalized spacial score (nSPS) is 14.0. The van der Waals surface area contributed by atoms with Gasteiger partial charge in [0.05, 0.1) is 0 Å². The van der Waals surface area contributed by atoms with Gasteiger partial charge in [0.2, 0.25) is 0 Å². The standard InChI is InChI=1S/C12H23N3O3S/c1-5-15-8-12(13-10(15)4)19(17,18)14-11(6-7-16)9(2)3/h8-9,11,14,16H,5-7H2,1-4H3. The molecule has 7 heteroatoms. The number of rotatable bonds is 7. The molecule has 0 aliphatic carbocycles. The number of imidazole rings is 1. The van der Waals surface area contributed by atoms with Crippen LogP contribution >= 0.6 is 0 Å². The molecule has 1 aromatic heterocycles. The smallest absolute Gasteiger partial charge is 0.259 e. The lowest BCUT2D eigenvalue weighted by Gasteiger charge is -2.20. The second kappa shape index (κ2) is 6.49. The summed E-state index contributed by atoms with van der Waals surface area (Å²) in [6.07, 6.45) is 1.93. The number of nitrogens with one attached hydrogen (secondary N) is 1. The van der Waals surface area contributed by atoms with Crippen LogP contribution in [-0.4, -0.2) is 35.7 Å². The highest BCUT2D eigenvalue weighted by atomic mass is 32.2. The van der Waals surface area contributed by atoms with Crippen molar-refractivity contribution in [2.75, 3.05) is 6.61 Å². The Kier molecular flexibility index (Phi) is 5.51. The maximum atomic E-state index is 12.2. The highest BCUT2D eigenvalue weighted by Gasteiger charge is 2.24. The van der Waals surface area contributed by atoms with Crippen molar-refractivity contribution in [2.24, 2.45) is 5.92 Å². The Hall–Kier alpha value is -0.920. The molecule has 0 saturated heterocycles. The third kappa shape index (κ3) is 4.02. The predicted octanol–water partition coefficient (Wildman–Crippen LogP) is 0.897. The average molecular weight is 289 g/mol. The zero-order valence-corrected chi connectivity index (χ0v) is 12.7. The minimum absolute atomic E-state index is 0.0374. The van der Waals surface area contributed by atoms with Crippen LogP contribution < -0.4 is 4.72 Å². The first kappa shape index (κ1) is 16.1. The zero-order valence-electron chi connectivity index (χ0n) is 11.9. The number of aliphatic hydroxyl groups excluding tert-OH is 1. The van der Waals surface area contributed by atoms with Crippen LogP contribution in [0.15, 0.2) is 11.2 Å². The summed E-state index contributed by atoms with van der Waals surface area (Å²) in [5, 5.41) is 9.02. The monoisotopic (exact) mass is 289 g/mol. The molecule has 1 heterocycles. The van der Waals surface area contributed by atoms with Gasteiger partial charge in [0, 0.05) is 25.4 Å². The van der Waals surface area contributed by atoms with Gasteiger partial charge in [-0.1, -0.05) is 13.8 Å². The lowest BCUT2D eigenvalue weighted by molar-refractivity contribution is 0.256. The van der Waals surface area contributed by atoms with Crippen molar-refractivity contribution in [3.05, 3.63) is 12.0 Å². The molecule has 110 valence electrons. The molecule has 0 aliphatic rings. The minimum Gasteiger partial charge on any atom is -0.396 e. The third-order valence-electron chi connectivity index (χ3n) is 3.12. The maximum Gasteiger partial charge on any atom is 0.259 e. The fraction of sp³-hybridized carbons (Fsp3) is 0.750. The third-order valence-corrected chi connectivity index (χ3v) is 4.48. The lowest BCUT2D eigenvalue weighted by Crippen LogP contribution is -2.39. The van der Waals surface area contributed by atoms with Gasteiger partial charge in [0.25, 0.3) is 10.0 Å². The van der Waals surface area contributed by atoms with Crippen molar-refractivity contribution in [1.29, 1.82) is 0 Å². The highest BCUT2D eigenvalue weighted by Crippen LogP contribution is 2.13. The van der Waals surface area contributed by atoms with E-state index in [0.717, 1.165) is 0 Å². The molecule has 0 bridgehead atoms. The molecule has 6 nitrogen and oxygen atoms in total. The quantitative estimate of drug-likeness (QED) is 0.781. The summed E-state index contributed by atoms with van der Waals surface area (Å²) in [7, 11) is -3.63. The summed E-state index contributed by atoms with van der Waals surface area (Å²) in [5.74, 6) is 0.780. The summed E-state index contributed by atoms with van der Waals surface area (Å²) in [5.41, 5.74) is 0. The molecule has 0 radical (unpaired) electrons. The van der Waals surface area contributed by atoms with E-state index in [1.54, 1.807) is 11.5 Å². The number of aryl methyl sites for hydroxylation is 2. The van der Waals surface area contributed by atoms with Gasteiger partial charge in [-0.3, -0.25) is 0 Å². The number of aromatic nitrogens is 2. The summed E-state index contributed by atoms with van der Waals surface area (Å²) in [4.78, 5) is 4.08. The molecular formula is C12H23N3O3S. The van der Waals surface area contributed by atoms with Gasteiger partial charge in [0.15, 0.2) is 5.03 Å². The fourth-order valence-electron chi connectivity index (χ4n) is 1.86. The fourth-order valence-corrected chi connectivity index (χ4v) is 3.28. The SMILES string of the molecule is CCn1cc(S(=O)(=O)NC(CCO)C(C)C)nc1C. The molecule has 0 aromatic carbocycles. The van der Waals surface area contributed by atoms with Gasteiger partial charge >= 0.3 is 0 Å². The van der Waals surface area contributed by atoms with Crippen LogP contribution in [0.25, 0.3) is 0 Å². The van der Waals surface area contributed by atoms with Crippen LogP contribution in [0.1, 0.15) is 33.0 Å². The average Bonchev–Trinajstić information content (AvgIpc) is 2.70. The molecule has 1 unspecified atom stereocenters. The van der Waals surface area contributed by atoms with Crippen LogP contribution in [0.4, 0.5) is 0 Å². The van der Waals surface area contributed by atoms with Gasteiger partial charge in [-0.05, 0) is 26.2 Å². The molecule has 1 atom stereocenters. The molecule has 0 saturated carbocycles. The first-order valence-electron chi connectivity index (χ1n) is 6.48. The van der Waals surface area contributed by atoms with Gasteiger partial charge < -0.3 is 9.67 Å². The Balaban J connectivity index is 2.96. The molecule has 2 N–H and O–H groups in total. The largest absolute Gasteiger partial charge is 0.396 e. The molecule has 1 rings (SSSR count). The second-order valence-electron chi connectivity index (χ2n) is 4.90. The molecule has 0 spiro atoms. The van der Waals surface area contributed by atoms with E-state index in [0.29, 0.717) is 18.8 Å². The molecular weight excluding hydrogens is 266 g/mol. The van der Waals surface area contributed by atoms with Crippen molar-refractivity contribution >= 4 is 10.0 Å². The summed E-state index contributed by atoms with van der Waals surface area (Å²) >= 11 is 0. The highest BCUT2D eigenvalue weighted by molar-refractivity contribution is 7.89. The number of nitrogens with zero attached hydrogens (tertiary/aromatic N) is 2. The van der Waals surface area contributed by atoms with Gasteiger partial charge in [-0.2, -0.15) is 0 Å². The molecule has 19 heavy (non-hydrogen) atoms. The Bertz CT molecular complexity index is 508. The van der Waals surface area contributed by atoms with E-state index < -0.39 is 10.0 Å². The zero-order chi connectivity index (χ0) is 14.6. The van der Waals surface area contributed by atoms with E-state index in [2.05, 4.69) is 9.71 Å². The van der Waals surface area contributed by atoms with Crippen molar-refractivity contribution in [3.8, 4) is 0 Å². The summed E-state index contributed by atoms with van der Waals surface area (Å²) in [6.45, 7) is 8.17. The van der Waals surface area contributed by atoms with Crippen LogP contribution in [0, 0.1) is 12.8 Å². The van der Waals surface area contributed by atoms with Crippen molar-refractivity contribution < 1.29 is 13.5 Å². The predicted molar refractivity (Wildman–Crippen MR) is 73.3 cm³/mol. The Labute approximate surface area is 114 Å². The number of sulfonamides is 1. The van der Waals surface area contributed by atoms with Crippen LogP contribution in [0.5, 0.6) is 0 Å². The Morgan fingerprint density at radius 1 is 1.47 bits per heavy atom. The molecule has 0 amide bonds. The number of hydrogen-bond acceptors (Lipinski definition) is 4. The van der Waals surface area contributed by atoms with E-state index >= 15 is 0 Å². The summed E-state index contributed by atoms with van der Waals surface area (Å²) in [6, 6.07) is -0.290. The maximum absolute atomic E-state index is 12.2. The van der Waals surface area contributed by atoms with E-state index in [9.17, 15) is 8.42 Å². The first-order chi connectivity index (χ1) is 8.81. The number of hydrogen-bond donors (Lipinski definition) is 2. The van der Waals surface area contributed by atoms with Crippen LogP contribution in [-0.2, 0) is 16.6 Å². The van der Waals surface area contributed by atoms with Crippen LogP contribution in [0.2, 0.25) is 0 Å². The van der Waals surface area contributed by atoms with E-state index in [-0.39, 0.29) is 23.6 Å². The number of aliphatic hydroxyl groups is 1. The van der Waals surface area contributed by atoms with Gasteiger partial charge in [-0.15, -0.1) is 0 Å². The Morgan fingerprint density at radius 3 is 2.53 bits per heavy atom. The van der Waals surface area contributed by atoms with Crippen molar-refractivity contribution in [3.63, 3.8) is 0 Å². The van der Waals surface area contributed by atoms with Crippen molar-refractivity contribution in [2.45, 2.75) is 51.7 Å². The van der Waals surface area contributed by atoms with Crippen molar-refractivity contribution in [1.82, 2.24) is 14.3 Å². The second-order valence-corrected chi connectivity index (χ2v) is 6.56. The molecule has 0 aliphatic heterocycles. The van der Waals surface area contributed by atoms with E-state index in [1.165, 1.54) is 6.20 Å². The van der Waals surface area contributed by atoms with E-state index in [4.69, 9.17) is 5.11 Å². The van der Waals surface area contributed by atoms with Gasteiger partial charge in [-0.25, -0.2) is 18.1 Å². The van der Waals surface area contributed by atoms with Gasteiger partial charge in [0.1, 0.15) is 5.82 Å². The molecule has 0 fully saturated rings. The summed E-state index contributed by atoms with van der Waals surface area (Å²) < 4.78 is 28.9. The Morgan fingerprint density at radius 2 is 2.11 bits per heavy atom. The van der Waals surface area contributed by atoms with Crippen LogP contribution in [0.3, 0.4) is 0 Å².